The van der Waals surface area contributed by atoms with Crippen molar-refractivity contribution in [3.8, 4) is 0 Å². The summed E-state index contributed by atoms with van der Waals surface area (Å²) < 4.78 is 25.6. The second kappa shape index (κ2) is 9.34. The molecule has 0 atom stereocenters. The number of hydrogen-bond acceptors (Lipinski definition) is 3. The van der Waals surface area contributed by atoms with E-state index in [4.69, 9.17) is 0 Å². The fraction of sp³-hybridized carbons (Fsp3) is 0.348. The lowest BCUT2D eigenvalue weighted by Gasteiger charge is -2.19. The lowest BCUT2D eigenvalue weighted by Crippen LogP contribution is -2.34. The van der Waals surface area contributed by atoms with Gasteiger partial charge in [0.15, 0.2) is 0 Å². The van der Waals surface area contributed by atoms with Crippen LogP contribution in [-0.4, -0.2) is 20.7 Å². The molecule has 2 aromatic carbocycles. The minimum Gasteiger partial charge on any atom is -0.334 e. The van der Waals surface area contributed by atoms with Gasteiger partial charge in [0.2, 0.25) is 10.0 Å². The highest BCUT2D eigenvalue weighted by Crippen LogP contribution is 2.25. The predicted molar refractivity (Wildman–Crippen MR) is 124 cm³/mol. The summed E-state index contributed by atoms with van der Waals surface area (Å²) in [5.41, 5.74) is 5.14. The third-order valence-electron chi connectivity index (χ3n) is 4.66. The first-order valence-electron chi connectivity index (χ1n) is 9.74. The van der Waals surface area contributed by atoms with E-state index in [1.54, 1.807) is 12.1 Å². The lowest BCUT2D eigenvalue weighted by molar-refractivity contribution is 0.240. The molecule has 2 rings (SSSR count). The number of anilines is 1. The van der Waals surface area contributed by atoms with Gasteiger partial charge in [0, 0.05) is 13.1 Å². The Hall–Kier alpha value is -2.80. The van der Waals surface area contributed by atoms with Crippen molar-refractivity contribution in [3.05, 3.63) is 70.8 Å². The van der Waals surface area contributed by atoms with Gasteiger partial charge < -0.3 is 10.6 Å². The molecule has 0 saturated heterocycles. The summed E-state index contributed by atoms with van der Waals surface area (Å²) >= 11 is 0. The molecule has 0 aromatic heterocycles. The van der Waals surface area contributed by atoms with Gasteiger partial charge in [-0.25, -0.2) is 13.2 Å². The Labute approximate surface area is 179 Å². The van der Waals surface area contributed by atoms with Gasteiger partial charge in [0.25, 0.3) is 0 Å². The zero-order valence-electron chi connectivity index (χ0n) is 18.3. The van der Waals surface area contributed by atoms with Crippen molar-refractivity contribution in [2.75, 3.05) is 11.0 Å². The van der Waals surface area contributed by atoms with Crippen molar-refractivity contribution in [2.45, 2.75) is 46.2 Å². The van der Waals surface area contributed by atoms with Crippen molar-refractivity contribution in [2.24, 2.45) is 0 Å². The maximum Gasteiger partial charge on any atom is 0.315 e. The molecule has 0 heterocycles. The van der Waals surface area contributed by atoms with Gasteiger partial charge in [-0.1, -0.05) is 63.8 Å². The number of hydrogen-bond donors (Lipinski definition) is 3. The first-order chi connectivity index (χ1) is 13.9. The fourth-order valence-corrected chi connectivity index (χ4v) is 3.68. The minimum absolute atomic E-state index is 0.0954. The quantitative estimate of drug-likeness (QED) is 0.613. The van der Waals surface area contributed by atoms with E-state index < -0.39 is 10.0 Å². The van der Waals surface area contributed by atoms with E-state index >= 15 is 0 Å². The standard InChI is InChI=1S/C23H31N3O3S/c1-7-19-13-18(12-16(2)21(19)26-30(6,28)29)15-25-22(27)24-14-17-8-10-20(11-9-17)23(3,4)5/h7-13,26H,1,14-15H2,2-6H3,(H2,24,25,27). The fourth-order valence-electron chi connectivity index (χ4n) is 3.03. The molecule has 0 unspecified atom stereocenters. The number of rotatable bonds is 7. The van der Waals surface area contributed by atoms with Crippen molar-refractivity contribution >= 4 is 27.8 Å². The van der Waals surface area contributed by atoms with Crippen LogP contribution in [0.2, 0.25) is 0 Å². The van der Waals surface area contributed by atoms with E-state index in [2.05, 4.69) is 54.8 Å². The molecule has 0 radical (unpaired) electrons. The molecule has 6 nitrogen and oxygen atoms in total. The Morgan fingerprint density at radius 1 is 1.03 bits per heavy atom. The molecule has 0 fully saturated rings. The number of carbonyl (C=O) groups is 1. The molecule has 162 valence electrons. The highest BCUT2D eigenvalue weighted by molar-refractivity contribution is 7.92. The smallest absolute Gasteiger partial charge is 0.315 e. The van der Waals surface area contributed by atoms with Crippen molar-refractivity contribution in [3.63, 3.8) is 0 Å². The van der Waals surface area contributed by atoms with Crippen molar-refractivity contribution in [1.29, 1.82) is 0 Å². The van der Waals surface area contributed by atoms with Crippen LogP contribution >= 0.6 is 0 Å². The number of sulfonamides is 1. The van der Waals surface area contributed by atoms with Gasteiger partial charge in [-0.15, -0.1) is 0 Å². The number of carbonyl (C=O) groups excluding carboxylic acids is 1. The van der Waals surface area contributed by atoms with E-state index in [1.807, 2.05) is 25.1 Å². The zero-order chi connectivity index (χ0) is 22.5. The van der Waals surface area contributed by atoms with E-state index in [1.165, 1.54) is 5.56 Å². The van der Waals surface area contributed by atoms with Crippen LogP contribution in [0.15, 0.2) is 43.0 Å². The number of benzene rings is 2. The highest BCUT2D eigenvalue weighted by atomic mass is 32.2. The normalized spacial score (nSPS) is 11.6. The molecule has 3 N–H and O–H groups in total. The van der Waals surface area contributed by atoms with Crippen LogP contribution in [0.3, 0.4) is 0 Å². The number of aryl methyl sites for hydroxylation is 1. The number of urea groups is 1. The van der Waals surface area contributed by atoms with Crippen LogP contribution in [0.5, 0.6) is 0 Å². The van der Waals surface area contributed by atoms with Gasteiger partial charge in [-0.3, -0.25) is 4.72 Å². The molecule has 0 aliphatic carbocycles. The molecule has 2 aromatic rings. The zero-order valence-corrected chi connectivity index (χ0v) is 19.1. The molecule has 0 saturated carbocycles. The van der Waals surface area contributed by atoms with E-state index in [0.717, 1.165) is 22.9 Å². The Bertz CT molecular complexity index is 1020. The van der Waals surface area contributed by atoms with Gasteiger partial charge in [-0.05, 0) is 46.2 Å². The highest BCUT2D eigenvalue weighted by Gasteiger charge is 2.13. The Morgan fingerprint density at radius 3 is 2.10 bits per heavy atom. The summed E-state index contributed by atoms with van der Waals surface area (Å²) in [5, 5.41) is 5.68. The summed E-state index contributed by atoms with van der Waals surface area (Å²) in [6.07, 6.45) is 2.70. The molecule has 2 amide bonds. The molecule has 0 aliphatic heterocycles. The maximum atomic E-state index is 12.2. The van der Waals surface area contributed by atoms with Crippen LogP contribution < -0.4 is 15.4 Å². The molecular weight excluding hydrogens is 398 g/mol. The topological polar surface area (TPSA) is 87.3 Å². The average molecular weight is 430 g/mol. The molecular formula is C23H31N3O3S. The summed E-state index contributed by atoms with van der Waals surface area (Å²) in [5.74, 6) is 0. The molecule has 0 aliphatic rings. The Morgan fingerprint density at radius 2 is 1.60 bits per heavy atom. The minimum atomic E-state index is -3.39. The summed E-state index contributed by atoms with van der Waals surface area (Å²) in [4.78, 5) is 12.2. The second-order valence-corrected chi connectivity index (χ2v) is 10.2. The van der Waals surface area contributed by atoms with Gasteiger partial charge in [0.1, 0.15) is 0 Å². The summed E-state index contributed by atoms with van der Waals surface area (Å²) in [7, 11) is -3.39. The van der Waals surface area contributed by atoms with E-state index in [-0.39, 0.29) is 11.4 Å². The molecule has 7 heteroatoms. The van der Waals surface area contributed by atoms with E-state index in [0.29, 0.717) is 24.3 Å². The molecule has 0 bridgehead atoms. The van der Waals surface area contributed by atoms with Crippen LogP contribution in [-0.2, 0) is 28.5 Å². The van der Waals surface area contributed by atoms with Crippen molar-refractivity contribution < 1.29 is 13.2 Å². The van der Waals surface area contributed by atoms with Gasteiger partial charge >= 0.3 is 6.03 Å². The summed E-state index contributed by atoms with van der Waals surface area (Å²) in [6.45, 7) is 12.8. The van der Waals surface area contributed by atoms with Crippen LogP contribution in [0.25, 0.3) is 6.08 Å². The third-order valence-corrected chi connectivity index (χ3v) is 5.23. The Kier molecular flexibility index (Phi) is 7.31. The van der Waals surface area contributed by atoms with Crippen LogP contribution in [0, 0.1) is 6.92 Å². The largest absolute Gasteiger partial charge is 0.334 e. The van der Waals surface area contributed by atoms with Gasteiger partial charge in [0.05, 0.1) is 11.9 Å². The molecule has 0 spiro atoms. The second-order valence-electron chi connectivity index (χ2n) is 8.44. The third kappa shape index (κ3) is 6.91. The SMILES string of the molecule is C=Cc1cc(CNC(=O)NCc2ccc(C(C)(C)C)cc2)cc(C)c1NS(C)(=O)=O. The number of nitrogens with one attached hydrogen (secondary N) is 3. The monoisotopic (exact) mass is 429 g/mol. The van der Waals surface area contributed by atoms with Crippen LogP contribution in [0.4, 0.5) is 10.5 Å². The van der Waals surface area contributed by atoms with E-state index in [9.17, 15) is 13.2 Å². The first-order valence-corrected chi connectivity index (χ1v) is 11.6. The number of amides is 2. The maximum absolute atomic E-state index is 12.2. The summed E-state index contributed by atoms with van der Waals surface area (Å²) in [6, 6.07) is 11.6. The molecule has 30 heavy (non-hydrogen) atoms. The van der Waals surface area contributed by atoms with Gasteiger partial charge in [-0.2, -0.15) is 0 Å². The lowest BCUT2D eigenvalue weighted by atomic mass is 9.87. The predicted octanol–water partition coefficient (Wildman–Crippen LogP) is 4.31. The van der Waals surface area contributed by atoms with Crippen molar-refractivity contribution in [1.82, 2.24) is 10.6 Å². The van der Waals surface area contributed by atoms with Crippen LogP contribution in [0.1, 0.15) is 48.6 Å². The Balaban J connectivity index is 1.96. The average Bonchev–Trinajstić information content (AvgIpc) is 2.65. The first kappa shape index (κ1) is 23.5.